The van der Waals surface area contributed by atoms with Crippen molar-refractivity contribution in [3.8, 4) is 5.75 Å². The van der Waals surface area contributed by atoms with Crippen LogP contribution in [-0.4, -0.2) is 41.9 Å². The molecule has 0 fully saturated rings. The molecule has 0 bridgehead atoms. The van der Waals surface area contributed by atoms with Gasteiger partial charge < -0.3 is 9.47 Å². The van der Waals surface area contributed by atoms with Gasteiger partial charge in [-0.2, -0.15) is 0 Å². The Labute approximate surface area is 151 Å². The van der Waals surface area contributed by atoms with E-state index < -0.39 is 23.8 Å². The van der Waals surface area contributed by atoms with Crippen molar-refractivity contribution in [3.05, 3.63) is 65.2 Å². The van der Waals surface area contributed by atoms with Crippen molar-refractivity contribution in [2.75, 3.05) is 13.2 Å². The average Bonchev–Trinajstić information content (AvgIpc) is 2.90. The molecule has 134 valence electrons. The second-order valence-electron chi connectivity index (χ2n) is 5.98. The molecule has 0 radical (unpaired) electrons. The van der Waals surface area contributed by atoms with Crippen molar-refractivity contribution in [3.63, 3.8) is 0 Å². The quantitative estimate of drug-likeness (QED) is 0.453. The number of amides is 2. The Morgan fingerprint density at radius 3 is 2.15 bits per heavy atom. The third kappa shape index (κ3) is 3.31. The summed E-state index contributed by atoms with van der Waals surface area (Å²) in [5.41, 5.74) is 1.60. The van der Waals surface area contributed by atoms with Gasteiger partial charge in [0, 0.05) is 0 Å². The minimum Gasteiger partial charge on any atom is -0.490 e. The van der Waals surface area contributed by atoms with Crippen molar-refractivity contribution in [1.29, 1.82) is 0 Å². The molecule has 0 spiro atoms. The zero-order valence-electron chi connectivity index (χ0n) is 14.6. The fraction of sp³-hybridized carbons (Fsp3) is 0.250. The number of nitrogens with zero attached hydrogens (tertiary/aromatic N) is 1. The lowest BCUT2D eigenvalue weighted by molar-refractivity contribution is -0.148. The Morgan fingerprint density at radius 2 is 1.54 bits per heavy atom. The summed E-state index contributed by atoms with van der Waals surface area (Å²) < 4.78 is 10.7. The van der Waals surface area contributed by atoms with E-state index in [0.29, 0.717) is 11.1 Å². The van der Waals surface area contributed by atoms with E-state index in [4.69, 9.17) is 9.47 Å². The summed E-state index contributed by atoms with van der Waals surface area (Å²) >= 11 is 0. The van der Waals surface area contributed by atoms with Gasteiger partial charge in [0.1, 0.15) is 25.0 Å². The molecule has 0 aliphatic carbocycles. The molecule has 0 saturated heterocycles. The minimum atomic E-state index is -0.999. The number of benzene rings is 2. The molecule has 26 heavy (non-hydrogen) atoms. The Bertz CT molecular complexity index is 826. The highest BCUT2D eigenvalue weighted by atomic mass is 16.6. The van der Waals surface area contributed by atoms with Gasteiger partial charge in [-0.1, -0.05) is 30.3 Å². The van der Waals surface area contributed by atoms with Crippen molar-refractivity contribution in [1.82, 2.24) is 4.90 Å². The van der Waals surface area contributed by atoms with Gasteiger partial charge in [-0.3, -0.25) is 14.5 Å². The molecule has 0 aromatic heterocycles. The van der Waals surface area contributed by atoms with Crippen LogP contribution in [0.3, 0.4) is 0 Å². The number of carbonyl (C=O) groups is 3. The lowest BCUT2D eigenvalue weighted by Crippen LogP contribution is -2.44. The molecule has 1 aliphatic heterocycles. The molecule has 3 rings (SSSR count). The first-order valence-corrected chi connectivity index (χ1v) is 8.32. The van der Waals surface area contributed by atoms with Gasteiger partial charge in [-0.05, 0) is 37.6 Å². The predicted molar refractivity (Wildman–Crippen MR) is 94.0 cm³/mol. The topological polar surface area (TPSA) is 72.9 Å². The number of esters is 1. The molecule has 0 saturated carbocycles. The van der Waals surface area contributed by atoms with Crippen molar-refractivity contribution < 1.29 is 23.9 Å². The first-order chi connectivity index (χ1) is 12.5. The van der Waals surface area contributed by atoms with Crippen molar-refractivity contribution >= 4 is 17.8 Å². The molecular weight excluding hydrogens is 334 g/mol. The fourth-order valence-corrected chi connectivity index (χ4v) is 2.80. The van der Waals surface area contributed by atoms with E-state index in [1.165, 1.54) is 6.92 Å². The number of hydrogen-bond acceptors (Lipinski definition) is 5. The number of aryl methyl sites for hydroxylation is 1. The first kappa shape index (κ1) is 17.7. The molecule has 2 amide bonds. The van der Waals surface area contributed by atoms with Crippen molar-refractivity contribution in [2.45, 2.75) is 19.9 Å². The number of rotatable bonds is 6. The van der Waals surface area contributed by atoms with E-state index in [1.54, 1.807) is 24.3 Å². The lowest BCUT2D eigenvalue weighted by Gasteiger charge is -2.21. The second kappa shape index (κ2) is 7.39. The van der Waals surface area contributed by atoms with Crippen LogP contribution < -0.4 is 4.74 Å². The maximum absolute atomic E-state index is 12.4. The van der Waals surface area contributed by atoms with E-state index in [9.17, 15) is 14.4 Å². The third-order valence-corrected chi connectivity index (χ3v) is 4.23. The highest BCUT2D eigenvalue weighted by molar-refractivity contribution is 6.22. The second-order valence-corrected chi connectivity index (χ2v) is 5.98. The number of ether oxygens (including phenoxy) is 2. The monoisotopic (exact) mass is 353 g/mol. The molecule has 2 aromatic carbocycles. The maximum Gasteiger partial charge on any atom is 0.329 e. The van der Waals surface area contributed by atoms with Crippen LogP contribution in [0.25, 0.3) is 0 Å². The van der Waals surface area contributed by atoms with E-state index in [1.807, 2.05) is 31.2 Å². The smallest absolute Gasteiger partial charge is 0.329 e. The largest absolute Gasteiger partial charge is 0.490 e. The van der Waals surface area contributed by atoms with Gasteiger partial charge >= 0.3 is 5.97 Å². The van der Waals surface area contributed by atoms with Gasteiger partial charge in [0.05, 0.1) is 11.1 Å². The number of hydrogen-bond donors (Lipinski definition) is 0. The third-order valence-electron chi connectivity index (χ3n) is 4.23. The molecule has 0 N–H and O–H groups in total. The van der Waals surface area contributed by atoms with Crippen molar-refractivity contribution in [2.24, 2.45) is 0 Å². The predicted octanol–water partition coefficient (Wildman–Crippen LogP) is 2.60. The highest BCUT2D eigenvalue weighted by Crippen LogP contribution is 2.24. The molecule has 1 unspecified atom stereocenters. The van der Waals surface area contributed by atoms with Crippen LogP contribution in [0.4, 0.5) is 0 Å². The summed E-state index contributed by atoms with van der Waals surface area (Å²) in [6, 6.07) is 13.0. The summed E-state index contributed by atoms with van der Waals surface area (Å²) in [7, 11) is 0. The maximum atomic E-state index is 12.4. The molecule has 1 heterocycles. The zero-order valence-corrected chi connectivity index (χ0v) is 14.6. The normalized spacial score (nSPS) is 14.2. The van der Waals surface area contributed by atoms with Crippen LogP contribution in [0.1, 0.15) is 33.2 Å². The minimum absolute atomic E-state index is 0.0284. The zero-order chi connectivity index (χ0) is 18.7. The summed E-state index contributed by atoms with van der Waals surface area (Å²) in [4.78, 5) is 37.9. The molecule has 6 heteroatoms. The number of carbonyl (C=O) groups excluding carboxylic acids is 3. The van der Waals surface area contributed by atoms with E-state index in [0.717, 1.165) is 16.2 Å². The Morgan fingerprint density at radius 1 is 0.962 bits per heavy atom. The van der Waals surface area contributed by atoms with E-state index in [-0.39, 0.29) is 13.2 Å². The van der Waals surface area contributed by atoms with Gasteiger partial charge in [0.25, 0.3) is 11.8 Å². The molecule has 2 aromatic rings. The Kier molecular flexibility index (Phi) is 5.02. The Balaban J connectivity index is 1.55. The van der Waals surface area contributed by atoms with Crippen LogP contribution in [0.15, 0.2) is 48.5 Å². The van der Waals surface area contributed by atoms with E-state index >= 15 is 0 Å². The summed E-state index contributed by atoms with van der Waals surface area (Å²) in [5.74, 6) is -0.887. The molecular formula is C20H19NO5. The highest BCUT2D eigenvalue weighted by Gasteiger charge is 2.41. The standard InChI is InChI=1S/C20H19NO5/c1-13-7-3-6-10-17(13)25-11-12-26-20(24)14(2)21-18(22)15-8-4-5-9-16(15)19(21)23/h3-10,14H,11-12H2,1-2H3. The van der Waals surface area contributed by atoms with Crippen LogP contribution in [0.2, 0.25) is 0 Å². The fourth-order valence-electron chi connectivity index (χ4n) is 2.80. The molecule has 1 atom stereocenters. The summed E-state index contributed by atoms with van der Waals surface area (Å²) in [6.07, 6.45) is 0. The average molecular weight is 353 g/mol. The number of fused-ring (bicyclic) bond motifs is 1. The number of imide groups is 1. The van der Waals surface area contributed by atoms with Gasteiger partial charge in [-0.25, -0.2) is 4.79 Å². The molecule has 1 aliphatic rings. The lowest BCUT2D eigenvalue weighted by atomic mass is 10.1. The van der Waals surface area contributed by atoms with Crippen LogP contribution >= 0.6 is 0 Å². The first-order valence-electron chi connectivity index (χ1n) is 8.32. The molecule has 6 nitrogen and oxygen atoms in total. The summed E-state index contributed by atoms with van der Waals surface area (Å²) in [5, 5.41) is 0. The van der Waals surface area contributed by atoms with E-state index in [2.05, 4.69) is 0 Å². The number of para-hydroxylation sites is 1. The van der Waals surface area contributed by atoms with Gasteiger partial charge in [-0.15, -0.1) is 0 Å². The van der Waals surface area contributed by atoms with Crippen LogP contribution in [0.5, 0.6) is 5.75 Å². The summed E-state index contributed by atoms with van der Waals surface area (Å²) in [6.45, 7) is 3.62. The van der Waals surface area contributed by atoms with Crippen LogP contribution in [0, 0.1) is 6.92 Å². The van der Waals surface area contributed by atoms with Gasteiger partial charge in [0.15, 0.2) is 0 Å². The Hall–Kier alpha value is -3.15. The SMILES string of the molecule is Cc1ccccc1OCCOC(=O)C(C)N1C(=O)c2ccccc2C1=O. The van der Waals surface area contributed by atoms with Crippen LogP contribution in [-0.2, 0) is 9.53 Å². The van der Waals surface area contributed by atoms with Gasteiger partial charge in [0.2, 0.25) is 0 Å².